The van der Waals surface area contributed by atoms with Crippen LogP contribution in [0.1, 0.15) is 11.6 Å². The van der Waals surface area contributed by atoms with E-state index in [1.165, 1.54) is 0 Å². The van der Waals surface area contributed by atoms with Crippen LogP contribution in [0.3, 0.4) is 0 Å². The maximum atomic E-state index is 8.93. The van der Waals surface area contributed by atoms with Gasteiger partial charge in [-0.15, -0.1) is 0 Å². The first-order valence-corrected chi connectivity index (χ1v) is 5.25. The molecule has 0 aliphatic carbocycles. The number of hydrogen-bond acceptors (Lipinski definition) is 2. The van der Waals surface area contributed by atoms with Crippen molar-refractivity contribution in [3.05, 3.63) is 35.9 Å². The van der Waals surface area contributed by atoms with Crippen LogP contribution in [0, 0.1) is 11.3 Å². The van der Waals surface area contributed by atoms with Gasteiger partial charge in [-0.25, -0.2) is 0 Å². The zero-order valence-electron chi connectivity index (χ0n) is 8.61. The Balaban J connectivity index is 3.11. The average molecular weight is 243 g/mol. The summed E-state index contributed by atoms with van der Waals surface area (Å²) in [6, 6.07) is 11.1. The predicted molar refractivity (Wildman–Crippen MR) is 62.9 cm³/mol. The third kappa shape index (κ3) is 2.85. The van der Waals surface area contributed by atoms with E-state index in [0.717, 1.165) is 5.56 Å². The van der Waals surface area contributed by atoms with E-state index >= 15 is 0 Å². The van der Waals surface area contributed by atoms with Crippen molar-refractivity contribution in [3.8, 4) is 6.07 Å². The van der Waals surface area contributed by atoms with Gasteiger partial charge in [0.05, 0.1) is 6.04 Å². The van der Waals surface area contributed by atoms with Crippen LogP contribution in [0.4, 0.5) is 0 Å². The number of alkyl halides is 2. The summed E-state index contributed by atoms with van der Waals surface area (Å²) in [4.78, 5) is 1.83. The molecule has 2 nitrogen and oxygen atoms in total. The van der Waals surface area contributed by atoms with E-state index in [1.54, 1.807) is 0 Å². The SMILES string of the molecule is CN(C)C(c1ccccc1)C(Cl)(Cl)C#N. The summed E-state index contributed by atoms with van der Waals surface area (Å²) in [7, 11) is 3.68. The lowest BCUT2D eigenvalue weighted by atomic mass is 10.0. The summed E-state index contributed by atoms with van der Waals surface area (Å²) < 4.78 is -1.44. The normalized spacial score (nSPS) is 13.6. The lowest BCUT2D eigenvalue weighted by Gasteiger charge is -2.30. The molecule has 1 aromatic carbocycles. The van der Waals surface area contributed by atoms with Gasteiger partial charge in [0, 0.05) is 0 Å². The fourth-order valence-corrected chi connectivity index (χ4v) is 2.17. The summed E-state index contributed by atoms with van der Waals surface area (Å²) in [5, 5.41) is 8.93. The van der Waals surface area contributed by atoms with Gasteiger partial charge in [-0.1, -0.05) is 53.5 Å². The molecule has 0 saturated carbocycles. The molecule has 0 heterocycles. The molecule has 0 spiro atoms. The van der Waals surface area contributed by atoms with Gasteiger partial charge < -0.3 is 0 Å². The topological polar surface area (TPSA) is 27.0 Å². The molecule has 0 bridgehead atoms. The molecular weight excluding hydrogens is 231 g/mol. The highest BCUT2D eigenvalue weighted by Gasteiger charge is 2.37. The van der Waals surface area contributed by atoms with Crippen LogP contribution in [-0.4, -0.2) is 23.3 Å². The number of rotatable bonds is 3. The molecule has 1 unspecified atom stereocenters. The van der Waals surface area contributed by atoms with Crippen molar-refractivity contribution in [3.63, 3.8) is 0 Å². The predicted octanol–water partition coefficient (Wildman–Crippen LogP) is 2.99. The van der Waals surface area contributed by atoms with E-state index in [0.29, 0.717) is 0 Å². The molecule has 80 valence electrons. The Morgan fingerprint density at radius 3 is 2.20 bits per heavy atom. The maximum absolute atomic E-state index is 8.93. The first kappa shape index (κ1) is 12.3. The smallest absolute Gasteiger partial charge is 0.222 e. The zero-order valence-corrected chi connectivity index (χ0v) is 10.1. The molecular formula is C11H12Cl2N2. The molecule has 0 aromatic heterocycles. The van der Waals surface area contributed by atoms with Crippen LogP contribution in [0.5, 0.6) is 0 Å². The van der Waals surface area contributed by atoms with Gasteiger partial charge in [0.1, 0.15) is 6.07 Å². The zero-order chi connectivity index (χ0) is 11.5. The second-order valence-electron chi connectivity index (χ2n) is 3.51. The van der Waals surface area contributed by atoms with E-state index in [-0.39, 0.29) is 6.04 Å². The summed E-state index contributed by atoms with van der Waals surface area (Å²) in [6.07, 6.45) is 0. The number of hydrogen-bond donors (Lipinski definition) is 0. The molecule has 0 radical (unpaired) electrons. The Morgan fingerprint density at radius 1 is 1.27 bits per heavy atom. The maximum Gasteiger partial charge on any atom is 0.222 e. The van der Waals surface area contributed by atoms with Crippen molar-refractivity contribution in [2.45, 2.75) is 10.4 Å². The van der Waals surface area contributed by atoms with Gasteiger partial charge in [-0.05, 0) is 19.7 Å². The summed E-state index contributed by atoms with van der Waals surface area (Å²) in [5.41, 5.74) is 0.925. The molecule has 1 aromatic rings. The van der Waals surface area contributed by atoms with Crippen molar-refractivity contribution in [1.29, 1.82) is 5.26 Å². The Hall–Kier alpha value is -0.750. The monoisotopic (exact) mass is 242 g/mol. The molecule has 0 aliphatic rings. The summed E-state index contributed by atoms with van der Waals surface area (Å²) in [5.74, 6) is 0. The highest BCUT2D eigenvalue weighted by atomic mass is 35.5. The minimum atomic E-state index is -1.44. The van der Waals surface area contributed by atoms with E-state index in [4.69, 9.17) is 28.5 Å². The first-order chi connectivity index (χ1) is 6.99. The molecule has 1 rings (SSSR count). The number of halogens is 2. The van der Waals surface area contributed by atoms with E-state index in [9.17, 15) is 0 Å². The first-order valence-electron chi connectivity index (χ1n) is 4.49. The Bertz CT molecular complexity index is 355. The van der Waals surface area contributed by atoms with Crippen LogP contribution in [0.15, 0.2) is 30.3 Å². The van der Waals surface area contributed by atoms with Crippen molar-refractivity contribution in [1.82, 2.24) is 4.90 Å². The van der Waals surface area contributed by atoms with Gasteiger partial charge in [-0.3, -0.25) is 4.90 Å². The van der Waals surface area contributed by atoms with Gasteiger partial charge in [-0.2, -0.15) is 5.26 Å². The van der Waals surface area contributed by atoms with E-state index in [1.807, 2.05) is 55.4 Å². The molecule has 0 amide bonds. The van der Waals surface area contributed by atoms with Gasteiger partial charge in [0.15, 0.2) is 0 Å². The molecule has 1 atom stereocenters. The van der Waals surface area contributed by atoms with Crippen LogP contribution in [0.2, 0.25) is 0 Å². The highest BCUT2D eigenvalue weighted by Crippen LogP contribution is 2.38. The summed E-state index contributed by atoms with van der Waals surface area (Å²) in [6.45, 7) is 0. The van der Waals surface area contributed by atoms with Crippen LogP contribution >= 0.6 is 23.2 Å². The third-order valence-corrected chi connectivity index (χ3v) is 2.71. The molecule has 0 fully saturated rings. The van der Waals surface area contributed by atoms with E-state index in [2.05, 4.69) is 0 Å². The molecule has 0 N–H and O–H groups in total. The van der Waals surface area contributed by atoms with Gasteiger partial charge >= 0.3 is 0 Å². The van der Waals surface area contributed by atoms with Crippen molar-refractivity contribution >= 4 is 23.2 Å². The number of benzene rings is 1. The Labute approximate surface area is 100 Å². The largest absolute Gasteiger partial charge is 0.299 e. The standard InChI is InChI=1S/C11H12Cl2N2/c1-15(2)10(11(12,13)8-14)9-6-4-3-5-7-9/h3-7,10H,1-2H3. The second kappa shape index (κ2) is 4.85. The van der Waals surface area contributed by atoms with Crippen LogP contribution < -0.4 is 0 Å². The molecule has 4 heteroatoms. The third-order valence-electron chi connectivity index (χ3n) is 2.12. The molecule has 0 aliphatic heterocycles. The minimum absolute atomic E-state index is 0.341. The van der Waals surface area contributed by atoms with Crippen LogP contribution in [-0.2, 0) is 0 Å². The van der Waals surface area contributed by atoms with Crippen molar-refractivity contribution < 1.29 is 0 Å². The van der Waals surface area contributed by atoms with Crippen LogP contribution in [0.25, 0.3) is 0 Å². The van der Waals surface area contributed by atoms with Crippen molar-refractivity contribution in [2.24, 2.45) is 0 Å². The minimum Gasteiger partial charge on any atom is -0.299 e. The summed E-state index contributed by atoms with van der Waals surface area (Å²) >= 11 is 12.0. The number of nitrogens with zero attached hydrogens (tertiary/aromatic N) is 2. The lowest BCUT2D eigenvalue weighted by molar-refractivity contribution is 0.294. The fraction of sp³-hybridized carbons (Fsp3) is 0.364. The fourth-order valence-electron chi connectivity index (χ4n) is 1.53. The van der Waals surface area contributed by atoms with E-state index < -0.39 is 4.33 Å². The molecule has 0 saturated heterocycles. The highest BCUT2D eigenvalue weighted by molar-refractivity contribution is 6.51. The Kier molecular flexibility index (Phi) is 3.98. The molecule has 15 heavy (non-hydrogen) atoms. The lowest BCUT2D eigenvalue weighted by Crippen LogP contribution is -2.33. The Morgan fingerprint density at radius 2 is 1.80 bits per heavy atom. The van der Waals surface area contributed by atoms with Gasteiger partial charge in [0.2, 0.25) is 4.33 Å². The number of nitriles is 1. The van der Waals surface area contributed by atoms with Crippen molar-refractivity contribution in [2.75, 3.05) is 14.1 Å². The average Bonchev–Trinajstić information content (AvgIpc) is 2.18. The van der Waals surface area contributed by atoms with Gasteiger partial charge in [0.25, 0.3) is 0 Å². The second-order valence-corrected chi connectivity index (χ2v) is 4.90. The quantitative estimate of drug-likeness (QED) is 0.763.